The molecule has 0 aliphatic carbocycles. The van der Waals surface area contributed by atoms with Gasteiger partial charge in [-0.2, -0.15) is 0 Å². The first-order valence-electron chi connectivity index (χ1n) is 21.0. The van der Waals surface area contributed by atoms with Crippen molar-refractivity contribution in [2.24, 2.45) is 0 Å². The SMILES string of the molecule is CCCCCCCCCCCCCCCCCCCCCCCC(=O)OC(C)CCCCCCCCCCCCCCCC(=O)O. The van der Waals surface area contributed by atoms with Crippen molar-refractivity contribution < 1.29 is 19.4 Å². The second kappa shape index (κ2) is 38.4. The molecule has 274 valence electrons. The maximum absolute atomic E-state index is 12.2. The van der Waals surface area contributed by atoms with E-state index in [1.54, 1.807) is 0 Å². The lowest BCUT2D eigenvalue weighted by atomic mass is 10.0. The van der Waals surface area contributed by atoms with Gasteiger partial charge in [-0.25, -0.2) is 0 Å². The number of unbranched alkanes of at least 4 members (excludes halogenated alkanes) is 32. The fourth-order valence-electron chi connectivity index (χ4n) is 6.70. The molecular weight excluding hydrogens is 568 g/mol. The van der Waals surface area contributed by atoms with Gasteiger partial charge in [-0.3, -0.25) is 9.59 Å². The zero-order valence-electron chi connectivity index (χ0n) is 31.4. The third-order valence-corrected chi connectivity index (χ3v) is 9.82. The summed E-state index contributed by atoms with van der Waals surface area (Å²) in [5, 5.41) is 8.65. The molecule has 0 bridgehead atoms. The number of esters is 1. The van der Waals surface area contributed by atoms with Crippen molar-refractivity contribution in [3.63, 3.8) is 0 Å². The Hall–Kier alpha value is -1.06. The molecule has 1 unspecified atom stereocenters. The first-order valence-corrected chi connectivity index (χ1v) is 21.0. The van der Waals surface area contributed by atoms with Gasteiger partial charge >= 0.3 is 11.9 Å². The minimum Gasteiger partial charge on any atom is -0.481 e. The number of aliphatic carboxylic acids is 1. The fraction of sp³-hybridized carbons (Fsp3) is 0.952. The van der Waals surface area contributed by atoms with Crippen LogP contribution in [0.2, 0.25) is 0 Å². The summed E-state index contributed by atoms with van der Waals surface area (Å²) in [6.45, 7) is 4.35. The summed E-state index contributed by atoms with van der Waals surface area (Å²) in [6, 6.07) is 0. The predicted octanol–water partition coefficient (Wildman–Crippen LogP) is 14.5. The van der Waals surface area contributed by atoms with E-state index in [1.165, 1.54) is 186 Å². The second-order valence-corrected chi connectivity index (χ2v) is 14.7. The van der Waals surface area contributed by atoms with E-state index >= 15 is 0 Å². The third-order valence-electron chi connectivity index (χ3n) is 9.82. The minimum atomic E-state index is -0.667. The Bertz CT molecular complexity index is 619. The zero-order valence-corrected chi connectivity index (χ0v) is 31.4. The van der Waals surface area contributed by atoms with Crippen molar-refractivity contribution in [1.82, 2.24) is 0 Å². The van der Waals surface area contributed by atoms with Gasteiger partial charge < -0.3 is 9.84 Å². The molecule has 0 aliphatic rings. The van der Waals surface area contributed by atoms with Gasteiger partial charge in [0.15, 0.2) is 0 Å². The minimum absolute atomic E-state index is 0.00515. The number of carboxylic acids is 1. The smallest absolute Gasteiger partial charge is 0.306 e. The Kier molecular flexibility index (Phi) is 37.5. The number of hydrogen-bond acceptors (Lipinski definition) is 3. The normalized spacial score (nSPS) is 12.0. The number of rotatable bonds is 39. The Morgan fingerprint density at radius 2 is 0.674 bits per heavy atom. The van der Waals surface area contributed by atoms with E-state index in [0.717, 1.165) is 38.5 Å². The van der Waals surface area contributed by atoms with E-state index < -0.39 is 5.97 Å². The van der Waals surface area contributed by atoms with E-state index in [1.807, 2.05) is 0 Å². The highest BCUT2D eigenvalue weighted by Crippen LogP contribution is 2.17. The van der Waals surface area contributed by atoms with Crippen molar-refractivity contribution in [1.29, 1.82) is 0 Å². The molecule has 46 heavy (non-hydrogen) atoms. The van der Waals surface area contributed by atoms with Crippen molar-refractivity contribution >= 4 is 11.9 Å². The zero-order chi connectivity index (χ0) is 33.6. The molecule has 4 heteroatoms. The average Bonchev–Trinajstić information content (AvgIpc) is 3.03. The summed E-state index contributed by atoms with van der Waals surface area (Å²) in [5.41, 5.74) is 0. The van der Waals surface area contributed by atoms with Crippen LogP contribution in [-0.2, 0) is 14.3 Å². The van der Waals surface area contributed by atoms with Crippen LogP contribution in [-0.4, -0.2) is 23.1 Å². The van der Waals surface area contributed by atoms with Gasteiger partial charge in [-0.1, -0.05) is 206 Å². The highest BCUT2D eigenvalue weighted by atomic mass is 16.5. The molecule has 0 aromatic heterocycles. The standard InChI is InChI=1S/C42H82O4/c1-3-4-5-6-7-8-9-10-11-12-13-14-15-16-17-21-24-27-30-33-36-39-42(45)46-40(2)37-34-31-28-25-22-19-18-20-23-26-29-32-35-38-41(43)44/h40H,3-39H2,1-2H3,(H,43,44). The van der Waals surface area contributed by atoms with E-state index in [0.29, 0.717) is 12.8 Å². The lowest BCUT2D eigenvalue weighted by Crippen LogP contribution is -2.14. The van der Waals surface area contributed by atoms with Gasteiger partial charge in [0.2, 0.25) is 0 Å². The summed E-state index contributed by atoms with van der Waals surface area (Å²) >= 11 is 0. The number of carboxylic acid groups (broad SMARTS) is 1. The molecule has 0 aromatic carbocycles. The molecule has 0 heterocycles. The Labute approximate surface area is 288 Å². The molecule has 4 nitrogen and oxygen atoms in total. The number of carbonyl (C=O) groups is 2. The largest absolute Gasteiger partial charge is 0.481 e. The van der Waals surface area contributed by atoms with Crippen LogP contribution in [0, 0.1) is 0 Å². The van der Waals surface area contributed by atoms with Gasteiger partial charge in [0.1, 0.15) is 0 Å². The van der Waals surface area contributed by atoms with Crippen molar-refractivity contribution in [3.05, 3.63) is 0 Å². The van der Waals surface area contributed by atoms with Crippen LogP contribution in [0.25, 0.3) is 0 Å². The van der Waals surface area contributed by atoms with Gasteiger partial charge in [0, 0.05) is 12.8 Å². The van der Waals surface area contributed by atoms with E-state index in [4.69, 9.17) is 9.84 Å². The number of carbonyl (C=O) groups excluding carboxylic acids is 1. The highest BCUT2D eigenvalue weighted by molar-refractivity contribution is 5.69. The molecule has 1 atom stereocenters. The van der Waals surface area contributed by atoms with E-state index in [9.17, 15) is 9.59 Å². The predicted molar refractivity (Wildman–Crippen MR) is 200 cm³/mol. The fourth-order valence-corrected chi connectivity index (χ4v) is 6.70. The summed E-state index contributed by atoms with van der Waals surface area (Å²) in [6.07, 6.45) is 47.0. The molecule has 0 fully saturated rings. The molecule has 0 amide bonds. The monoisotopic (exact) mass is 651 g/mol. The lowest BCUT2D eigenvalue weighted by molar-refractivity contribution is -0.148. The third kappa shape index (κ3) is 39.1. The lowest BCUT2D eigenvalue weighted by Gasteiger charge is -2.13. The topological polar surface area (TPSA) is 63.6 Å². The first kappa shape index (κ1) is 44.9. The molecule has 0 saturated heterocycles. The molecule has 1 N–H and O–H groups in total. The van der Waals surface area contributed by atoms with Gasteiger partial charge in [0.05, 0.1) is 6.10 Å². The quantitative estimate of drug-likeness (QED) is 0.0531. The molecule has 0 spiro atoms. The van der Waals surface area contributed by atoms with Gasteiger partial charge in [-0.05, 0) is 32.6 Å². The molecular formula is C42H82O4. The van der Waals surface area contributed by atoms with Gasteiger partial charge in [-0.15, -0.1) is 0 Å². The Morgan fingerprint density at radius 3 is 0.978 bits per heavy atom. The number of hydrogen-bond donors (Lipinski definition) is 1. The molecule has 0 aliphatic heterocycles. The van der Waals surface area contributed by atoms with Crippen molar-refractivity contribution in [2.45, 2.75) is 258 Å². The van der Waals surface area contributed by atoms with E-state index in [-0.39, 0.29) is 12.1 Å². The van der Waals surface area contributed by atoms with Crippen LogP contribution < -0.4 is 0 Å². The molecule has 0 radical (unpaired) electrons. The van der Waals surface area contributed by atoms with Crippen LogP contribution in [0.5, 0.6) is 0 Å². The number of ether oxygens (including phenoxy) is 1. The van der Waals surface area contributed by atoms with Crippen LogP contribution in [0.15, 0.2) is 0 Å². The summed E-state index contributed by atoms with van der Waals surface area (Å²) < 4.78 is 5.65. The maximum atomic E-state index is 12.2. The Morgan fingerprint density at radius 1 is 0.413 bits per heavy atom. The summed E-state index contributed by atoms with van der Waals surface area (Å²) in [7, 11) is 0. The van der Waals surface area contributed by atoms with Crippen LogP contribution in [0.1, 0.15) is 251 Å². The highest BCUT2D eigenvalue weighted by Gasteiger charge is 2.09. The van der Waals surface area contributed by atoms with Crippen molar-refractivity contribution in [3.8, 4) is 0 Å². The maximum Gasteiger partial charge on any atom is 0.306 e. The van der Waals surface area contributed by atoms with Crippen LogP contribution >= 0.6 is 0 Å². The molecule has 0 aromatic rings. The second-order valence-electron chi connectivity index (χ2n) is 14.7. The average molecular weight is 651 g/mol. The molecule has 0 rings (SSSR count). The first-order chi connectivity index (χ1) is 22.6. The van der Waals surface area contributed by atoms with Crippen molar-refractivity contribution in [2.75, 3.05) is 0 Å². The van der Waals surface area contributed by atoms with Crippen LogP contribution in [0.4, 0.5) is 0 Å². The van der Waals surface area contributed by atoms with Gasteiger partial charge in [0.25, 0.3) is 0 Å². The van der Waals surface area contributed by atoms with Crippen LogP contribution in [0.3, 0.4) is 0 Å². The summed E-state index contributed by atoms with van der Waals surface area (Å²) in [4.78, 5) is 22.7. The summed E-state index contributed by atoms with van der Waals surface area (Å²) in [5.74, 6) is -0.662. The Balaban J connectivity index is 3.26. The van der Waals surface area contributed by atoms with E-state index in [2.05, 4.69) is 13.8 Å². The molecule has 0 saturated carbocycles.